The van der Waals surface area contributed by atoms with E-state index in [1.54, 1.807) is 0 Å². The van der Waals surface area contributed by atoms with Crippen molar-refractivity contribution < 1.29 is 0 Å². The van der Waals surface area contributed by atoms with Gasteiger partial charge >= 0.3 is 0 Å². The lowest BCUT2D eigenvalue weighted by Gasteiger charge is -2.23. The molecular formula is C28H30N2. The van der Waals surface area contributed by atoms with E-state index < -0.39 is 0 Å². The van der Waals surface area contributed by atoms with Gasteiger partial charge in [-0.05, 0) is 66.3 Å². The van der Waals surface area contributed by atoms with Crippen molar-refractivity contribution in [2.45, 2.75) is 39.2 Å². The van der Waals surface area contributed by atoms with E-state index in [4.69, 9.17) is 0 Å². The van der Waals surface area contributed by atoms with E-state index in [1.165, 1.54) is 40.5 Å². The number of aromatic nitrogens is 1. The third kappa shape index (κ3) is 4.33. The molecule has 0 aliphatic rings. The fourth-order valence-electron chi connectivity index (χ4n) is 4.04. The van der Waals surface area contributed by atoms with Crippen LogP contribution in [0.1, 0.15) is 48.1 Å². The normalized spacial score (nSPS) is 12.1. The molecule has 1 unspecified atom stereocenters. The molecule has 0 bridgehead atoms. The molecule has 0 aliphatic carbocycles. The molecule has 152 valence electrons. The zero-order chi connectivity index (χ0) is 20.9. The van der Waals surface area contributed by atoms with Gasteiger partial charge in [-0.3, -0.25) is 0 Å². The Hall–Kier alpha value is -3.26. The zero-order valence-corrected chi connectivity index (χ0v) is 17.9. The maximum Gasteiger partial charge on any atom is 0.0768 e. The fraction of sp³-hybridized carbons (Fsp3) is 0.214. The van der Waals surface area contributed by atoms with Crippen LogP contribution in [0.5, 0.6) is 0 Å². The summed E-state index contributed by atoms with van der Waals surface area (Å²) in [4.78, 5) is 3.44. The van der Waals surface area contributed by atoms with Crippen LogP contribution in [0, 0.1) is 6.92 Å². The van der Waals surface area contributed by atoms with Crippen LogP contribution in [0.3, 0.4) is 0 Å². The molecule has 0 aliphatic heterocycles. The van der Waals surface area contributed by atoms with Crippen molar-refractivity contribution in [3.8, 4) is 0 Å². The molecule has 4 aromatic rings. The molecule has 0 fully saturated rings. The van der Waals surface area contributed by atoms with Gasteiger partial charge in [0.1, 0.15) is 0 Å². The number of aromatic amines is 1. The second-order valence-corrected chi connectivity index (χ2v) is 8.07. The van der Waals surface area contributed by atoms with Gasteiger partial charge in [-0.1, -0.05) is 68.5 Å². The SMILES string of the molecule is C=C(c1c[nH]c2ccc(CCCC)cc12)C(Nc1cccc(C)c1)c1ccccc1. The first-order valence-electron chi connectivity index (χ1n) is 10.8. The summed E-state index contributed by atoms with van der Waals surface area (Å²) in [5.74, 6) is 0. The predicted molar refractivity (Wildman–Crippen MR) is 130 cm³/mol. The van der Waals surface area contributed by atoms with Gasteiger partial charge < -0.3 is 10.3 Å². The van der Waals surface area contributed by atoms with Crippen LogP contribution in [-0.2, 0) is 6.42 Å². The van der Waals surface area contributed by atoms with E-state index in [1.807, 2.05) is 0 Å². The molecule has 30 heavy (non-hydrogen) atoms. The van der Waals surface area contributed by atoms with E-state index in [-0.39, 0.29) is 6.04 Å². The zero-order valence-electron chi connectivity index (χ0n) is 17.9. The Kier molecular flexibility index (Phi) is 6.04. The molecule has 1 atom stereocenters. The van der Waals surface area contributed by atoms with Crippen molar-refractivity contribution in [3.63, 3.8) is 0 Å². The standard InChI is InChI=1S/C28H30N2/c1-4-5-11-22-15-16-27-25(18-22)26(19-29-27)21(3)28(23-12-7-6-8-13-23)30-24-14-9-10-20(2)17-24/h6-10,12-19,28-30H,3-5,11H2,1-2H3. The fourth-order valence-corrected chi connectivity index (χ4v) is 4.04. The number of aryl methyl sites for hydroxylation is 2. The first kappa shape index (κ1) is 20.0. The highest BCUT2D eigenvalue weighted by Crippen LogP contribution is 2.36. The van der Waals surface area contributed by atoms with E-state index in [2.05, 4.69) is 110 Å². The van der Waals surface area contributed by atoms with Crippen molar-refractivity contribution in [3.05, 3.63) is 108 Å². The number of benzene rings is 3. The summed E-state index contributed by atoms with van der Waals surface area (Å²) < 4.78 is 0. The minimum Gasteiger partial charge on any atom is -0.374 e. The summed E-state index contributed by atoms with van der Waals surface area (Å²) in [7, 11) is 0. The number of unbranched alkanes of at least 4 members (excludes halogenated alkanes) is 1. The van der Waals surface area contributed by atoms with Crippen molar-refractivity contribution in [2.24, 2.45) is 0 Å². The summed E-state index contributed by atoms with van der Waals surface area (Å²) in [6.45, 7) is 8.91. The van der Waals surface area contributed by atoms with Gasteiger partial charge in [0.2, 0.25) is 0 Å². The second kappa shape index (κ2) is 9.04. The van der Waals surface area contributed by atoms with Crippen LogP contribution < -0.4 is 5.32 Å². The average Bonchev–Trinajstić information content (AvgIpc) is 3.19. The summed E-state index contributed by atoms with van der Waals surface area (Å²) >= 11 is 0. The second-order valence-electron chi connectivity index (χ2n) is 8.07. The van der Waals surface area contributed by atoms with E-state index in [0.717, 1.165) is 23.2 Å². The van der Waals surface area contributed by atoms with Crippen LogP contribution in [-0.4, -0.2) is 4.98 Å². The molecule has 3 aromatic carbocycles. The molecule has 0 radical (unpaired) electrons. The van der Waals surface area contributed by atoms with Gasteiger partial charge in [-0.25, -0.2) is 0 Å². The van der Waals surface area contributed by atoms with Gasteiger partial charge in [0.05, 0.1) is 6.04 Å². The summed E-state index contributed by atoms with van der Waals surface area (Å²) in [6.07, 6.45) is 5.65. The number of hydrogen-bond acceptors (Lipinski definition) is 1. The highest BCUT2D eigenvalue weighted by molar-refractivity contribution is 5.94. The molecule has 2 nitrogen and oxygen atoms in total. The maximum absolute atomic E-state index is 4.55. The van der Waals surface area contributed by atoms with Crippen molar-refractivity contribution >= 4 is 22.2 Å². The highest BCUT2D eigenvalue weighted by Gasteiger charge is 2.19. The van der Waals surface area contributed by atoms with Crippen molar-refractivity contribution in [2.75, 3.05) is 5.32 Å². The largest absolute Gasteiger partial charge is 0.374 e. The molecule has 0 spiro atoms. The molecule has 0 amide bonds. The lowest BCUT2D eigenvalue weighted by atomic mass is 9.92. The summed E-state index contributed by atoms with van der Waals surface area (Å²) in [6, 6.07) is 25.8. The number of anilines is 1. The number of fused-ring (bicyclic) bond motifs is 1. The van der Waals surface area contributed by atoms with Gasteiger partial charge in [-0.15, -0.1) is 0 Å². The van der Waals surface area contributed by atoms with Crippen LogP contribution in [0.25, 0.3) is 16.5 Å². The molecule has 0 saturated carbocycles. The van der Waals surface area contributed by atoms with Gasteiger partial charge in [0.25, 0.3) is 0 Å². The smallest absolute Gasteiger partial charge is 0.0768 e. The topological polar surface area (TPSA) is 27.8 Å². The third-order valence-electron chi connectivity index (χ3n) is 5.72. The lowest BCUT2D eigenvalue weighted by molar-refractivity contribution is 0.796. The third-order valence-corrected chi connectivity index (χ3v) is 5.72. The molecule has 1 aromatic heterocycles. The van der Waals surface area contributed by atoms with Crippen molar-refractivity contribution in [1.29, 1.82) is 0 Å². The molecular weight excluding hydrogens is 364 g/mol. The van der Waals surface area contributed by atoms with Crippen LogP contribution >= 0.6 is 0 Å². The molecule has 1 heterocycles. The Labute approximate surface area is 179 Å². The number of hydrogen-bond donors (Lipinski definition) is 2. The molecule has 4 rings (SSSR count). The average molecular weight is 395 g/mol. The summed E-state index contributed by atoms with van der Waals surface area (Å²) in [5, 5.41) is 4.97. The molecule has 2 heteroatoms. The van der Waals surface area contributed by atoms with Crippen LogP contribution in [0.2, 0.25) is 0 Å². The Bertz CT molecular complexity index is 1140. The minimum atomic E-state index is -0.00806. The quantitative estimate of drug-likeness (QED) is 0.315. The minimum absolute atomic E-state index is 0.00806. The maximum atomic E-state index is 4.55. The van der Waals surface area contributed by atoms with Gasteiger partial charge in [0, 0.05) is 28.4 Å². The Morgan fingerprint density at radius 1 is 1.00 bits per heavy atom. The van der Waals surface area contributed by atoms with E-state index >= 15 is 0 Å². The number of H-pyrrole nitrogens is 1. The number of nitrogens with one attached hydrogen (secondary N) is 2. The summed E-state index contributed by atoms with van der Waals surface area (Å²) in [5.41, 5.74) is 8.35. The Balaban J connectivity index is 1.72. The highest BCUT2D eigenvalue weighted by atomic mass is 14.9. The first-order valence-corrected chi connectivity index (χ1v) is 10.8. The van der Waals surface area contributed by atoms with E-state index in [0.29, 0.717) is 0 Å². The Morgan fingerprint density at radius 2 is 1.83 bits per heavy atom. The van der Waals surface area contributed by atoms with Crippen LogP contribution in [0.15, 0.2) is 85.6 Å². The Morgan fingerprint density at radius 3 is 2.60 bits per heavy atom. The molecule has 2 N–H and O–H groups in total. The van der Waals surface area contributed by atoms with Crippen molar-refractivity contribution in [1.82, 2.24) is 4.98 Å². The lowest BCUT2D eigenvalue weighted by Crippen LogP contribution is -2.12. The predicted octanol–water partition coefficient (Wildman–Crippen LogP) is 7.69. The first-order chi connectivity index (χ1) is 14.7. The number of rotatable bonds is 8. The molecule has 0 saturated heterocycles. The van der Waals surface area contributed by atoms with E-state index in [9.17, 15) is 0 Å². The van der Waals surface area contributed by atoms with Crippen LogP contribution in [0.4, 0.5) is 5.69 Å². The van der Waals surface area contributed by atoms with Gasteiger partial charge in [0.15, 0.2) is 0 Å². The monoisotopic (exact) mass is 394 g/mol. The van der Waals surface area contributed by atoms with Gasteiger partial charge in [-0.2, -0.15) is 0 Å².